The summed E-state index contributed by atoms with van der Waals surface area (Å²) < 4.78 is 46.5. The topological polar surface area (TPSA) is 117 Å². The molecule has 31 heavy (non-hydrogen) atoms. The number of aromatic nitrogens is 1. The summed E-state index contributed by atoms with van der Waals surface area (Å²) in [6.45, 7) is 0.952. The molecule has 3 aromatic rings. The molecule has 1 aliphatic heterocycles. The smallest absolute Gasteiger partial charge is 0.261 e. The van der Waals surface area contributed by atoms with Crippen LogP contribution in [0.5, 0.6) is 0 Å². The molecule has 1 aliphatic rings. The Morgan fingerprint density at radius 3 is 2.65 bits per heavy atom. The van der Waals surface area contributed by atoms with Crippen molar-refractivity contribution in [3.8, 4) is 0 Å². The minimum absolute atomic E-state index is 0.0654. The van der Waals surface area contributed by atoms with E-state index in [1.807, 2.05) is 0 Å². The van der Waals surface area contributed by atoms with Gasteiger partial charge in [0.2, 0.25) is 5.56 Å². The Morgan fingerprint density at radius 1 is 1.16 bits per heavy atom. The summed E-state index contributed by atoms with van der Waals surface area (Å²) in [6, 6.07) is 10.1. The molecule has 1 fully saturated rings. The Morgan fingerprint density at radius 2 is 1.94 bits per heavy atom. The van der Waals surface area contributed by atoms with Gasteiger partial charge < -0.3 is 15.0 Å². The van der Waals surface area contributed by atoms with Gasteiger partial charge in [0.15, 0.2) is 0 Å². The van der Waals surface area contributed by atoms with E-state index < -0.39 is 27.3 Å². The van der Waals surface area contributed by atoms with E-state index >= 15 is 0 Å². The van der Waals surface area contributed by atoms with Gasteiger partial charge in [-0.25, -0.2) is 12.8 Å². The summed E-state index contributed by atoms with van der Waals surface area (Å²) in [5.74, 6) is -0.982. The van der Waals surface area contributed by atoms with Crippen LogP contribution in [0, 0.1) is 5.82 Å². The number of halogens is 1. The third-order valence-electron chi connectivity index (χ3n) is 4.98. The van der Waals surface area contributed by atoms with Gasteiger partial charge in [-0.1, -0.05) is 0 Å². The number of ether oxygens (including phenoxy) is 1. The maximum absolute atomic E-state index is 13.1. The third-order valence-corrected chi connectivity index (χ3v) is 6.36. The molecule has 0 spiro atoms. The van der Waals surface area contributed by atoms with Crippen molar-refractivity contribution in [3.05, 3.63) is 70.3 Å². The van der Waals surface area contributed by atoms with Crippen molar-refractivity contribution in [3.63, 3.8) is 0 Å². The number of fused-ring (bicyclic) bond motifs is 1. The van der Waals surface area contributed by atoms with Gasteiger partial charge in [0.1, 0.15) is 5.82 Å². The van der Waals surface area contributed by atoms with Gasteiger partial charge in [-0.2, -0.15) is 0 Å². The number of aromatic amines is 1. The molecule has 0 radical (unpaired) electrons. The van der Waals surface area contributed by atoms with Crippen molar-refractivity contribution in [2.24, 2.45) is 0 Å². The highest BCUT2D eigenvalue weighted by molar-refractivity contribution is 7.92. The molecule has 162 valence electrons. The number of carbonyl (C=O) groups is 1. The van der Waals surface area contributed by atoms with Crippen molar-refractivity contribution < 1.29 is 22.3 Å². The first-order valence-electron chi connectivity index (χ1n) is 9.67. The lowest BCUT2D eigenvalue weighted by Crippen LogP contribution is -2.32. The lowest BCUT2D eigenvalue weighted by Gasteiger charge is -2.13. The van der Waals surface area contributed by atoms with Crippen LogP contribution in [0.3, 0.4) is 0 Å². The average Bonchev–Trinajstić information content (AvgIpc) is 3.26. The number of hydrogen-bond donors (Lipinski definition) is 3. The van der Waals surface area contributed by atoms with Crippen LogP contribution in [0.2, 0.25) is 0 Å². The van der Waals surface area contributed by atoms with Gasteiger partial charge in [0.05, 0.1) is 16.6 Å². The molecule has 2 heterocycles. The number of anilines is 1. The van der Waals surface area contributed by atoms with Crippen LogP contribution in [-0.2, 0) is 14.8 Å². The Balaban J connectivity index is 1.66. The first kappa shape index (κ1) is 21.0. The molecular formula is C21H20FN3O5S. The highest BCUT2D eigenvalue weighted by atomic mass is 32.2. The third kappa shape index (κ3) is 4.75. The minimum Gasteiger partial charge on any atom is -0.376 e. The second-order valence-corrected chi connectivity index (χ2v) is 8.89. The standard InChI is InChI=1S/C21H20FN3O5S/c22-13-3-5-14(6-4-13)25-31(28,29)16-7-8-19-17(10-16)18(11-20(26)24-19)21(27)23-12-15-2-1-9-30-15/h3-8,10-11,15,25H,1-2,9,12H2,(H,23,27)(H,24,26)/t15-/m1/s1. The SMILES string of the molecule is O=C(NC[C@H]1CCCO1)c1cc(=O)[nH]c2ccc(S(=O)(=O)Nc3ccc(F)cc3)cc12. The fourth-order valence-corrected chi connectivity index (χ4v) is 4.51. The molecule has 10 heteroatoms. The van der Waals surface area contributed by atoms with Crippen molar-refractivity contribution in [1.29, 1.82) is 0 Å². The zero-order valence-electron chi connectivity index (χ0n) is 16.4. The number of pyridine rings is 1. The molecular weight excluding hydrogens is 425 g/mol. The fraction of sp³-hybridized carbons (Fsp3) is 0.238. The van der Waals surface area contributed by atoms with Crippen LogP contribution in [0.1, 0.15) is 23.2 Å². The number of sulfonamides is 1. The van der Waals surface area contributed by atoms with Crippen LogP contribution in [0.15, 0.2) is 58.2 Å². The van der Waals surface area contributed by atoms with E-state index in [2.05, 4.69) is 15.0 Å². The van der Waals surface area contributed by atoms with E-state index in [9.17, 15) is 22.4 Å². The van der Waals surface area contributed by atoms with E-state index in [1.165, 1.54) is 30.3 Å². The average molecular weight is 445 g/mol. The van der Waals surface area contributed by atoms with Gasteiger partial charge in [0.25, 0.3) is 15.9 Å². The Hall–Kier alpha value is -3.24. The van der Waals surface area contributed by atoms with E-state index in [1.54, 1.807) is 0 Å². The Labute approximate surface area is 177 Å². The number of nitrogens with one attached hydrogen (secondary N) is 3. The minimum atomic E-state index is -4.01. The highest BCUT2D eigenvalue weighted by Crippen LogP contribution is 2.23. The van der Waals surface area contributed by atoms with Crippen molar-refractivity contribution >= 4 is 32.5 Å². The number of amides is 1. The van der Waals surface area contributed by atoms with Crippen molar-refractivity contribution in [2.45, 2.75) is 23.8 Å². The molecule has 0 aliphatic carbocycles. The second-order valence-electron chi connectivity index (χ2n) is 7.21. The first-order chi connectivity index (χ1) is 14.8. The van der Waals surface area contributed by atoms with Crippen LogP contribution in [0.4, 0.5) is 10.1 Å². The molecule has 8 nitrogen and oxygen atoms in total. The van der Waals surface area contributed by atoms with Crippen molar-refractivity contribution in [2.75, 3.05) is 17.9 Å². The maximum Gasteiger partial charge on any atom is 0.261 e. The summed E-state index contributed by atoms with van der Waals surface area (Å²) >= 11 is 0. The van der Waals surface area contributed by atoms with Gasteiger partial charge in [-0.15, -0.1) is 0 Å². The van der Waals surface area contributed by atoms with Gasteiger partial charge >= 0.3 is 0 Å². The van der Waals surface area contributed by atoms with Crippen LogP contribution >= 0.6 is 0 Å². The van der Waals surface area contributed by atoms with E-state index in [0.717, 1.165) is 31.0 Å². The molecule has 0 saturated carbocycles. The summed E-state index contributed by atoms with van der Waals surface area (Å²) in [4.78, 5) is 27.2. The fourth-order valence-electron chi connectivity index (χ4n) is 3.43. The molecule has 0 unspecified atom stereocenters. The van der Waals surface area contributed by atoms with E-state index in [-0.39, 0.29) is 27.6 Å². The number of hydrogen-bond acceptors (Lipinski definition) is 5. The normalized spacial score (nSPS) is 16.4. The lowest BCUT2D eigenvalue weighted by molar-refractivity contribution is 0.0859. The lowest BCUT2D eigenvalue weighted by atomic mass is 10.1. The molecule has 2 aromatic carbocycles. The quantitative estimate of drug-likeness (QED) is 0.539. The predicted octanol–water partition coefficient (Wildman–Crippen LogP) is 2.38. The van der Waals surface area contributed by atoms with Gasteiger partial charge in [-0.3, -0.25) is 14.3 Å². The summed E-state index contributed by atoms with van der Waals surface area (Å²) in [5, 5.41) is 3.03. The number of rotatable bonds is 6. The molecule has 1 atom stereocenters. The predicted molar refractivity (Wildman–Crippen MR) is 113 cm³/mol. The van der Waals surface area contributed by atoms with Gasteiger partial charge in [0, 0.05) is 35.8 Å². The molecule has 1 amide bonds. The number of carbonyl (C=O) groups excluding carboxylic acids is 1. The summed E-state index contributed by atoms with van der Waals surface area (Å²) in [5.41, 5.74) is 0.110. The second kappa shape index (κ2) is 8.48. The van der Waals surface area contributed by atoms with Crippen LogP contribution < -0.4 is 15.6 Å². The molecule has 1 aromatic heterocycles. The maximum atomic E-state index is 13.1. The number of H-pyrrole nitrogens is 1. The van der Waals surface area contributed by atoms with Gasteiger partial charge in [-0.05, 0) is 55.3 Å². The van der Waals surface area contributed by atoms with Crippen LogP contribution in [0.25, 0.3) is 10.9 Å². The molecule has 1 saturated heterocycles. The molecule has 0 bridgehead atoms. The number of benzene rings is 2. The van der Waals surface area contributed by atoms with E-state index in [4.69, 9.17) is 4.74 Å². The van der Waals surface area contributed by atoms with Crippen molar-refractivity contribution in [1.82, 2.24) is 10.3 Å². The zero-order chi connectivity index (χ0) is 22.0. The first-order valence-corrected chi connectivity index (χ1v) is 11.2. The molecule has 4 rings (SSSR count). The Kier molecular flexibility index (Phi) is 5.75. The molecule has 3 N–H and O–H groups in total. The highest BCUT2D eigenvalue weighted by Gasteiger charge is 2.20. The largest absolute Gasteiger partial charge is 0.376 e. The summed E-state index contributed by atoms with van der Waals surface area (Å²) in [6.07, 6.45) is 1.69. The van der Waals surface area contributed by atoms with E-state index in [0.29, 0.717) is 18.7 Å². The summed E-state index contributed by atoms with van der Waals surface area (Å²) in [7, 11) is -4.01. The zero-order valence-corrected chi connectivity index (χ0v) is 17.2. The van der Waals surface area contributed by atoms with Crippen LogP contribution in [-0.4, -0.2) is 38.6 Å². The Bertz CT molecular complexity index is 1280. The monoisotopic (exact) mass is 445 g/mol.